The Morgan fingerprint density at radius 3 is 1.19 bits per heavy atom. The summed E-state index contributed by atoms with van der Waals surface area (Å²) in [5, 5.41) is 23.0. The number of aliphatic hydroxyl groups is 2. The van der Waals surface area contributed by atoms with E-state index in [1.165, 1.54) is 193 Å². The van der Waals surface area contributed by atoms with Crippen molar-refractivity contribution in [3.05, 3.63) is 12.2 Å². The summed E-state index contributed by atoms with van der Waals surface area (Å²) in [4.78, 5) is 24.5. The minimum atomic E-state index is -0.859. The third-order valence-electron chi connectivity index (χ3n) is 11.8. The van der Waals surface area contributed by atoms with Gasteiger partial charge in [0, 0.05) is 12.8 Å². The summed E-state index contributed by atoms with van der Waals surface area (Å²) in [5.41, 5.74) is 0. The maximum atomic E-state index is 12.4. The molecule has 0 spiro atoms. The van der Waals surface area contributed by atoms with Gasteiger partial charge in [-0.25, -0.2) is 0 Å². The molecule has 0 bridgehead atoms. The SMILES string of the molecule is CCCCCCCCCCCC/C=C/C(O)C(CO)NC(=O)CCCCCCCCCCCOC(=O)CCCCCCCCCCCCCCCCCCCCC. The molecule has 57 heavy (non-hydrogen) atoms. The van der Waals surface area contributed by atoms with Gasteiger partial charge in [-0.15, -0.1) is 0 Å². The van der Waals surface area contributed by atoms with Gasteiger partial charge in [-0.1, -0.05) is 244 Å². The van der Waals surface area contributed by atoms with Crippen molar-refractivity contribution in [3.8, 4) is 0 Å². The fraction of sp³-hybridized carbons (Fsp3) is 0.922. The van der Waals surface area contributed by atoms with Crippen LogP contribution in [0.1, 0.15) is 277 Å². The van der Waals surface area contributed by atoms with E-state index >= 15 is 0 Å². The predicted molar refractivity (Wildman–Crippen MR) is 246 cm³/mol. The monoisotopic (exact) mass is 806 g/mol. The number of hydrogen-bond acceptors (Lipinski definition) is 5. The normalized spacial score (nSPS) is 12.7. The highest BCUT2D eigenvalue weighted by Crippen LogP contribution is 2.16. The Balaban J connectivity index is 3.46. The Hall–Kier alpha value is -1.40. The molecule has 0 saturated carbocycles. The summed E-state index contributed by atoms with van der Waals surface area (Å²) in [6.45, 7) is 4.84. The zero-order valence-electron chi connectivity index (χ0n) is 38.3. The lowest BCUT2D eigenvalue weighted by Crippen LogP contribution is -2.45. The summed E-state index contributed by atoms with van der Waals surface area (Å²) >= 11 is 0. The van der Waals surface area contributed by atoms with E-state index in [4.69, 9.17) is 4.74 Å². The van der Waals surface area contributed by atoms with Crippen LogP contribution in [0, 0.1) is 0 Å². The number of carbonyl (C=O) groups excluding carboxylic acids is 2. The average molecular weight is 806 g/mol. The van der Waals surface area contributed by atoms with Crippen molar-refractivity contribution in [1.82, 2.24) is 5.32 Å². The molecule has 0 aromatic heterocycles. The highest BCUT2D eigenvalue weighted by Gasteiger charge is 2.18. The molecule has 1 amide bonds. The number of ether oxygens (including phenoxy) is 1. The van der Waals surface area contributed by atoms with Gasteiger partial charge in [-0.3, -0.25) is 9.59 Å². The van der Waals surface area contributed by atoms with Crippen LogP contribution in [0.2, 0.25) is 0 Å². The number of unbranched alkanes of at least 4 members (excludes halogenated alkanes) is 36. The summed E-state index contributed by atoms with van der Waals surface area (Å²) in [6.07, 6.45) is 53.5. The maximum absolute atomic E-state index is 12.4. The number of esters is 1. The van der Waals surface area contributed by atoms with Gasteiger partial charge in [0.1, 0.15) is 0 Å². The van der Waals surface area contributed by atoms with E-state index < -0.39 is 12.1 Å². The number of rotatable bonds is 47. The van der Waals surface area contributed by atoms with Gasteiger partial charge < -0.3 is 20.3 Å². The van der Waals surface area contributed by atoms with Crippen LogP contribution in [0.4, 0.5) is 0 Å². The number of amides is 1. The number of nitrogens with one attached hydrogen (secondary N) is 1. The standard InChI is InChI=1S/C51H99NO5/c1-3-5-7-9-11-13-15-17-18-19-20-21-22-23-25-29-33-37-41-45-51(56)57-46-42-38-34-30-26-28-32-36-40-44-50(55)52-48(47-53)49(54)43-39-35-31-27-24-16-14-12-10-8-6-4-2/h39,43,48-49,53-54H,3-38,40-42,44-47H2,1-2H3,(H,52,55)/b43-39+. The molecule has 0 fully saturated rings. The molecule has 0 aromatic rings. The third kappa shape index (κ3) is 44.0. The van der Waals surface area contributed by atoms with Gasteiger partial charge in [0.15, 0.2) is 0 Å². The minimum Gasteiger partial charge on any atom is -0.466 e. The van der Waals surface area contributed by atoms with Crippen LogP contribution in [-0.4, -0.2) is 47.4 Å². The lowest BCUT2D eigenvalue weighted by atomic mass is 10.0. The molecule has 3 N–H and O–H groups in total. The van der Waals surface area contributed by atoms with Gasteiger partial charge >= 0.3 is 5.97 Å². The fourth-order valence-corrected chi connectivity index (χ4v) is 7.87. The molecule has 338 valence electrons. The van der Waals surface area contributed by atoms with Crippen LogP contribution in [-0.2, 0) is 14.3 Å². The molecular weight excluding hydrogens is 707 g/mol. The molecule has 0 saturated heterocycles. The Bertz CT molecular complexity index is 847. The molecule has 0 aliphatic carbocycles. The zero-order valence-corrected chi connectivity index (χ0v) is 38.3. The summed E-state index contributed by atoms with van der Waals surface area (Å²) in [6, 6.07) is -0.645. The Morgan fingerprint density at radius 1 is 0.474 bits per heavy atom. The van der Waals surface area contributed by atoms with E-state index in [1.54, 1.807) is 6.08 Å². The first-order chi connectivity index (χ1) is 28.0. The zero-order chi connectivity index (χ0) is 41.5. The van der Waals surface area contributed by atoms with Crippen LogP contribution in [0.15, 0.2) is 12.2 Å². The summed E-state index contributed by atoms with van der Waals surface area (Å²) in [5.74, 6) is -0.118. The number of aliphatic hydroxyl groups excluding tert-OH is 2. The smallest absolute Gasteiger partial charge is 0.305 e. The second-order valence-electron chi connectivity index (χ2n) is 17.5. The van der Waals surface area contributed by atoms with Crippen molar-refractivity contribution in [1.29, 1.82) is 0 Å². The molecular formula is C51H99NO5. The van der Waals surface area contributed by atoms with Gasteiger partial charge in [0.25, 0.3) is 0 Å². The lowest BCUT2D eigenvalue weighted by molar-refractivity contribution is -0.143. The molecule has 2 unspecified atom stereocenters. The quantitative estimate of drug-likeness (QED) is 0.0323. The largest absolute Gasteiger partial charge is 0.466 e. The molecule has 6 nitrogen and oxygen atoms in total. The van der Waals surface area contributed by atoms with Crippen molar-refractivity contribution in [2.75, 3.05) is 13.2 Å². The summed E-state index contributed by atoms with van der Waals surface area (Å²) in [7, 11) is 0. The molecule has 0 aliphatic rings. The van der Waals surface area contributed by atoms with Crippen molar-refractivity contribution < 1.29 is 24.5 Å². The topological polar surface area (TPSA) is 95.9 Å². The molecule has 0 rings (SSSR count). The van der Waals surface area contributed by atoms with Gasteiger partial charge in [-0.05, 0) is 32.1 Å². The molecule has 2 atom stereocenters. The van der Waals surface area contributed by atoms with E-state index in [2.05, 4.69) is 19.2 Å². The Kier molecular flexibility index (Phi) is 46.1. The van der Waals surface area contributed by atoms with Crippen molar-refractivity contribution in [2.45, 2.75) is 289 Å². The second kappa shape index (κ2) is 47.3. The van der Waals surface area contributed by atoms with E-state index in [1.807, 2.05) is 6.08 Å². The third-order valence-corrected chi connectivity index (χ3v) is 11.8. The first kappa shape index (κ1) is 55.6. The number of carbonyl (C=O) groups is 2. The molecule has 0 aromatic carbocycles. The van der Waals surface area contributed by atoms with Crippen LogP contribution in [0.25, 0.3) is 0 Å². The van der Waals surface area contributed by atoms with Crippen molar-refractivity contribution in [2.24, 2.45) is 0 Å². The van der Waals surface area contributed by atoms with Crippen LogP contribution in [0.3, 0.4) is 0 Å². The highest BCUT2D eigenvalue weighted by atomic mass is 16.5. The minimum absolute atomic E-state index is 0.0228. The highest BCUT2D eigenvalue weighted by molar-refractivity contribution is 5.76. The lowest BCUT2D eigenvalue weighted by Gasteiger charge is -2.20. The predicted octanol–water partition coefficient (Wildman–Crippen LogP) is 15.0. The number of allylic oxidation sites excluding steroid dienone is 1. The Labute approximate surface area is 355 Å². The maximum Gasteiger partial charge on any atom is 0.305 e. The van der Waals surface area contributed by atoms with Gasteiger partial charge in [0.2, 0.25) is 5.91 Å². The first-order valence-electron chi connectivity index (χ1n) is 25.5. The molecule has 0 radical (unpaired) electrons. The van der Waals surface area contributed by atoms with Crippen LogP contribution >= 0.6 is 0 Å². The van der Waals surface area contributed by atoms with E-state index in [-0.39, 0.29) is 18.5 Å². The average Bonchev–Trinajstić information content (AvgIpc) is 3.21. The molecule has 0 heterocycles. The molecule has 0 aliphatic heterocycles. The van der Waals surface area contributed by atoms with Gasteiger partial charge in [0.05, 0.1) is 25.4 Å². The second-order valence-corrected chi connectivity index (χ2v) is 17.5. The summed E-state index contributed by atoms with van der Waals surface area (Å²) < 4.78 is 5.46. The van der Waals surface area contributed by atoms with E-state index in [0.29, 0.717) is 19.4 Å². The first-order valence-corrected chi connectivity index (χ1v) is 25.5. The van der Waals surface area contributed by atoms with E-state index in [0.717, 1.165) is 57.8 Å². The van der Waals surface area contributed by atoms with Crippen LogP contribution < -0.4 is 5.32 Å². The van der Waals surface area contributed by atoms with Crippen molar-refractivity contribution >= 4 is 11.9 Å². The Morgan fingerprint density at radius 2 is 0.807 bits per heavy atom. The van der Waals surface area contributed by atoms with Crippen LogP contribution in [0.5, 0.6) is 0 Å². The number of hydrogen-bond donors (Lipinski definition) is 3. The van der Waals surface area contributed by atoms with Gasteiger partial charge in [-0.2, -0.15) is 0 Å². The fourth-order valence-electron chi connectivity index (χ4n) is 7.87. The van der Waals surface area contributed by atoms with Crippen molar-refractivity contribution in [3.63, 3.8) is 0 Å². The molecule has 6 heteroatoms. The van der Waals surface area contributed by atoms with E-state index in [9.17, 15) is 19.8 Å².